The van der Waals surface area contributed by atoms with E-state index in [9.17, 15) is 96.0 Å². The van der Waals surface area contributed by atoms with Crippen molar-refractivity contribution in [1.82, 2.24) is 61.7 Å². The lowest BCUT2D eigenvalue weighted by Crippen LogP contribution is -2.38. The third-order valence-electron chi connectivity index (χ3n) is 23.0. The number of hydrazone groups is 1. The smallest absolute Gasteiger partial charge is 0.470 e. The minimum atomic E-state index is -5.26. The number of anilines is 2. The molecule has 0 spiro atoms. The number of aryl methyl sites for hydroxylation is 2. The standard InChI is InChI=1S/C41H63N9O19P2S.C29H44N4O17P2.C18H32N2O4S/c42-37-28(23-50(41(56)48-37)39-35(53)36(69-71(60,61)62)30(68-39)24-67-70(57,58)59)4-3-12-44-38(54)27-9-7-26(8-10-27)22-45-49-33(52)11-14-63-16-18-65-20-21-66-19-17-64-15-13-43-32(51)6-2-1-5-31-34-29(25-72-31)46-40(55)47-34;1-44-14-15-45-13-10-21(34)5-3-12-46-22-8-6-19(7-9-22)17-47-29(37)31-11-2-4-20-16-33(28(36)32-26(20)30)27-24(35)25(50-52(41,42)43)23(49-27)18-48-51(38,39)40;1-2-9-23-11-12-24-10-5-7-14(21)6-3-4-8-16-17-15(13-25-16)19-18(22)20-17/h7-10,22-23,29-31,34-36,39,53H,1-6,11-21,24-25H2,(H,43,51)(H,44,54)(H,49,52)(H2,42,48,56)(H2,46,47,55)(H2,57,58,59)(H2,60,61,62);6-9,16,23-25,27,35H,2-5,10-15,17-18H2,1H3,(H,31,37)(H2,30,32,36)(H2,38,39,40)(H2,41,42,43);15-17H,2-13H2,1H3,(H2,19,20,22)/b45-22+;;/t29-,30+,31-,34-,35-,36?,39+;23-,24+,25?,27-;15-,16-,17-/m010/s1. The molecule has 22 N–H and O–H groups in total. The maximum atomic E-state index is 12.8. The molecule has 6 fully saturated rings. The molecule has 4 aromatic rings. The Morgan fingerprint density at radius 2 is 0.960 bits per heavy atom. The van der Waals surface area contributed by atoms with Gasteiger partial charge in [0.25, 0.3) is 5.91 Å². The maximum Gasteiger partial charge on any atom is 0.470 e. The molecular weight excluding hydrogens is 2100 g/mol. The van der Waals surface area contributed by atoms with Crippen molar-refractivity contribution in [3.63, 3.8) is 0 Å². The monoisotopic (exact) mass is 2230 g/mol. The Hall–Kier alpha value is -8.51. The average Bonchev–Trinajstić information content (AvgIpc) is 1.65. The number of aliphatic hydroxyl groups excluding tert-OH is 2. The first-order chi connectivity index (χ1) is 71.1. The van der Waals surface area contributed by atoms with Crippen molar-refractivity contribution in [1.29, 1.82) is 0 Å². The highest BCUT2D eigenvalue weighted by atomic mass is 32.2. The number of nitrogens with zero attached hydrogens (tertiary/aromatic N) is 5. The van der Waals surface area contributed by atoms with E-state index in [2.05, 4.69) is 82.7 Å². The van der Waals surface area contributed by atoms with Gasteiger partial charge in [-0.25, -0.2) is 47.7 Å². The van der Waals surface area contributed by atoms with Gasteiger partial charge < -0.3 is 155 Å². The molecule has 0 saturated carbocycles. The Morgan fingerprint density at radius 1 is 0.503 bits per heavy atom. The summed E-state index contributed by atoms with van der Waals surface area (Å²) in [6.07, 6.45) is 0.489. The number of nitrogens with two attached hydrogens (primary N) is 2. The van der Waals surface area contributed by atoms with Crippen molar-refractivity contribution in [2.75, 3.05) is 169 Å². The minimum Gasteiger partial charge on any atom is -0.494 e. The summed E-state index contributed by atoms with van der Waals surface area (Å²) >= 11 is 3.80. The van der Waals surface area contributed by atoms with Crippen LogP contribution >= 0.6 is 54.8 Å². The number of carbonyl (C=O) groups is 8. The van der Waals surface area contributed by atoms with Crippen LogP contribution in [0.4, 0.5) is 26.0 Å². The predicted octanol–water partition coefficient (Wildman–Crippen LogP) is 1.60. The lowest BCUT2D eigenvalue weighted by Gasteiger charge is -2.21. The number of unbranched alkanes of at least 4 members (excludes halogenated alkanes) is 2. The van der Waals surface area contributed by atoms with Crippen LogP contribution in [0.25, 0.3) is 0 Å². The maximum absolute atomic E-state index is 12.8. The van der Waals surface area contributed by atoms with Crippen LogP contribution in [0.15, 0.2) is 75.6 Å². The first-order valence-corrected chi connectivity index (χ1v) is 56.7. The number of phosphoric acid groups is 4. The summed E-state index contributed by atoms with van der Waals surface area (Å²) in [6.45, 7) is 7.79. The van der Waals surface area contributed by atoms with Crippen LogP contribution in [-0.4, -0.2) is 351 Å². The van der Waals surface area contributed by atoms with Gasteiger partial charge in [0.15, 0.2) is 12.5 Å². The van der Waals surface area contributed by atoms with Gasteiger partial charge in [-0.1, -0.05) is 44.0 Å². The number of ether oxygens (including phenoxy) is 12. The zero-order valence-electron chi connectivity index (χ0n) is 82.6. The Bertz CT molecular complexity index is 5170. The summed E-state index contributed by atoms with van der Waals surface area (Å²) in [4.78, 5) is 202. The number of nitrogens with one attached hydrogen (secondary N) is 8. The second-order valence-electron chi connectivity index (χ2n) is 34.5. The van der Waals surface area contributed by atoms with Gasteiger partial charge in [0.05, 0.1) is 143 Å². The number of fused-ring (bicyclic) bond motifs is 2. The van der Waals surface area contributed by atoms with Crippen LogP contribution in [0.2, 0.25) is 0 Å². The number of Topliss-reactive ketones (excluding diaryl/α,β-unsaturated/α-hetero) is 2. The minimum absolute atomic E-state index is 0.00399. The summed E-state index contributed by atoms with van der Waals surface area (Å²) in [7, 11) is -19.1. The second-order valence-corrected chi connectivity index (χ2v) is 41.9. The van der Waals surface area contributed by atoms with Crippen molar-refractivity contribution in [2.45, 2.75) is 219 Å². The van der Waals surface area contributed by atoms with E-state index in [1.165, 1.54) is 18.6 Å². The number of thioether (sulfide) groups is 2. The fourth-order valence-corrected chi connectivity index (χ4v) is 20.5. The number of hydrogen-bond acceptors (Lipinski definition) is 39. The Morgan fingerprint density at radius 3 is 1.46 bits per heavy atom. The van der Waals surface area contributed by atoms with E-state index in [0.29, 0.717) is 176 Å². The van der Waals surface area contributed by atoms with Gasteiger partial charge in [-0.3, -0.25) is 51.2 Å². The molecule has 0 bridgehead atoms. The molecule has 2 aromatic heterocycles. The molecule has 6 saturated heterocycles. The van der Waals surface area contributed by atoms with Crippen molar-refractivity contribution in [3.8, 4) is 5.75 Å². The molecule has 61 heteroatoms. The number of rotatable bonds is 70. The van der Waals surface area contributed by atoms with E-state index in [1.807, 2.05) is 23.5 Å². The van der Waals surface area contributed by atoms with Crippen LogP contribution in [-0.2, 0) is 127 Å². The number of nitrogen functional groups attached to an aromatic ring is 2. The molecule has 0 radical (unpaired) electrons. The largest absolute Gasteiger partial charge is 0.494 e. The normalized spacial score (nSPS) is 21.4. The topological polar surface area (TPSA) is 785 Å². The van der Waals surface area contributed by atoms with Crippen LogP contribution < -0.4 is 70.2 Å². The molecule has 6 aliphatic rings. The van der Waals surface area contributed by atoms with E-state index in [-0.39, 0.29) is 135 Å². The average molecular weight is 2240 g/mol. The quantitative estimate of drug-likeness (QED) is 0.00981. The van der Waals surface area contributed by atoms with Gasteiger partial charge in [-0.15, -0.1) is 0 Å². The Labute approximate surface area is 866 Å². The molecule has 14 atom stereocenters. The van der Waals surface area contributed by atoms with E-state index in [0.717, 1.165) is 78.6 Å². The zero-order valence-corrected chi connectivity index (χ0v) is 87.8. The van der Waals surface area contributed by atoms with Gasteiger partial charge >= 0.3 is 60.8 Å². The Kier molecular flexibility index (Phi) is 56.1. The molecule has 149 heavy (non-hydrogen) atoms. The number of carbonyl (C=O) groups excluding carboxylic acids is 8. The molecule has 838 valence electrons. The highest BCUT2D eigenvalue weighted by Gasteiger charge is 2.52. The highest BCUT2D eigenvalue weighted by Crippen LogP contribution is 2.48. The third-order valence-corrected chi connectivity index (χ3v) is 28.0. The number of methoxy groups -OCH3 is 1. The molecular formula is C88H139N15O40P4S2. The number of phosphoric ester groups is 4. The molecule has 6 aliphatic heterocycles. The van der Waals surface area contributed by atoms with Crippen LogP contribution in [0.3, 0.4) is 0 Å². The summed E-state index contributed by atoms with van der Waals surface area (Å²) in [6, 6.07) is 14.1. The van der Waals surface area contributed by atoms with E-state index in [4.69, 9.17) is 87.9 Å². The summed E-state index contributed by atoms with van der Waals surface area (Å²) in [5, 5.41) is 46.4. The van der Waals surface area contributed by atoms with Gasteiger partial charge in [0, 0.05) is 123 Å². The van der Waals surface area contributed by atoms with Crippen LogP contribution in [0.5, 0.6) is 5.75 Å². The van der Waals surface area contributed by atoms with E-state index < -0.39 is 117 Å². The van der Waals surface area contributed by atoms with Gasteiger partial charge in [-0.05, 0) is 106 Å². The molecule has 2 aromatic carbocycles. The second kappa shape index (κ2) is 66.6. The molecule has 8 heterocycles. The first kappa shape index (κ1) is 126. The van der Waals surface area contributed by atoms with Crippen molar-refractivity contribution < 1.29 is 181 Å². The predicted molar refractivity (Wildman–Crippen MR) is 533 cm³/mol. The number of benzene rings is 2. The summed E-state index contributed by atoms with van der Waals surface area (Å²) in [5.74, 6) is 1.83. The van der Waals surface area contributed by atoms with Gasteiger partial charge in [-0.2, -0.15) is 38.6 Å². The third kappa shape index (κ3) is 48.8. The number of aromatic nitrogens is 4. The number of amides is 8. The van der Waals surface area contributed by atoms with Crippen molar-refractivity contribution >= 4 is 120 Å². The van der Waals surface area contributed by atoms with Gasteiger partial charge in [0.2, 0.25) is 11.8 Å². The number of ketones is 2. The number of aliphatic hydroxyl groups is 2. The van der Waals surface area contributed by atoms with Crippen LogP contribution in [0, 0.1) is 0 Å². The van der Waals surface area contributed by atoms with Crippen molar-refractivity contribution in [2.24, 2.45) is 5.10 Å². The van der Waals surface area contributed by atoms with Crippen LogP contribution in [0.1, 0.15) is 161 Å². The fraction of sp³-hybridized carbons (Fsp3) is 0.670. The lowest BCUT2D eigenvalue weighted by atomic mass is 10.0. The molecule has 55 nitrogen and oxygen atoms in total. The highest BCUT2D eigenvalue weighted by molar-refractivity contribution is 8.00. The SMILES string of the molecule is CCCOCCOCCCC(=O)CCCC[C@@H]1SC[C@@H]2NC(=O)N[C@@H]21.COCCOCCC(=O)CCCOc1ccc(COC(=O)NCCCc2cn([C@@H]3O[C@H](COP(=O)(O)O)C(OP(=O)(O)O)[C@@H]3O)c(=O)nc2N)cc1.Nc1nc(=O)n([C@@H]2O[C@H](COP(=O)(O)O)C(OP(=O)(O)O)[C@@H]2O)cc1CCCNC(=O)c1ccc(/C=N/NC(=O)CCOCCOCCOCCOCCNC(=O)CCCC[C@@H]2SC[C@@H]3NC(=O)N[C@@H]32)cc1. The molecule has 0 aliphatic carbocycles. The van der Waals surface area contributed by atoms with E-state index in [1.54, 1.807) is 55.6 Å². The summed E-state index contributed by atoms with van der Waals surface area (Å²) in [5.41, 5.74) is 14.4. The Balaban J connectivity index is 0.000000304. The molecule has 10 rings (SSSR count). The molecule has 2 unspecified atom stereocenters. The number of urea groups is 2. The van der Waals surface area contributed by atoms with E-state index >= 15 is 0 Å². The number of alkyl carbamates (subject to hydrolysis) is 1. The zero-order chi connectivity index (χ0) is 108. The van der Waals surface area contributed by atoms with Crippen molar-refractivity contribution in [3.05, 3.63) is 110 Å². The fourth-order valence-electron chi connectivity index (χ4n) is 15.6. The molecule has 8 amide bonds. The number of hydrogen-bond donors (Lipinski definition) is 20. The lowest BCUT2D eigenvalue weighted by molar-refractivity contribution is -0.122. The first-order valence-electron chi connectivity index (χ1n) is 48.5. The summed E-state index contributed by atoms with van der Waals surface area (Å²) < 4.78 is 129. The van der Waals surface area contributed by atoms with Gasteiger partial charge in [0.1, 0.15) is 72.2 Å².